The van der Waals surface area contributed by atoms with Gasteiger partial charge in [-0.05, 0) is 24.1 Å². The first-order valence-electron chi connectivity index (χ1n) is 11.3. The lowest BCUT2D eigenvalue weighted by molar-refractivity contribution is 0.439. The quantitative estimate of drug-likeness (QED) is 0.194. The number of nitrogens with two attached hydrogens (primary N) is 1. The zero-order chi connectivity index (χ0) is 23.7. The fraction of sp³-hybridized carbons (Fsp3) is 0.148. The van der Waals surface area contributed by atoms with Crippen molar-refractivity contribution in [2.45, 2.75) is 25.7 Å². The molecule has 0 radical (unpaired) electrons. The summed E-state index contributed by atoms with van der Waals surface area (Å²) >= 11 is 0. The van der Waals surface area contributed by atoms with E-state index in [0.717, 1.165) is 27.7 Å². The molecule has 0 fully saturated rings. The maximum atomic E-state index is 11.2. The number of fused-ring (bicyclic) bond motifs is 2. The SMILES string of the molecule is CC(c1ccccc1)c1nc2c(/C=C/CCC(=N)N)nc(-c3c[nH]c4ccccc34)cn2c1O. The molecular formula is C27H26N6O. The number of aromatic nitrogens is 4. The van der Waals surface area contributed by atoms with Gasteiger partial charge in [0, 0.05) is 41.2 Å². The van der Waals surface area contributed by atoms with Crippen LogP contribution in [0.15, 0.2) is 73.1 Å². The molecule has 1 atom stereocenters. The number of hydrogen-bond donors (Lipinski definition) is 4. The predicted molar refractivity (Wildman–Crippen MR) is 136 cm³/mol. The first-order chi connectivity index (χ1) is 16.5. The number of nitrogens with zero attached hydrogens (tertiary/aromatic N) is 3. The lowest BCUT2D eigenvalue weighted by atomic mass is 9.98. The van der Waals surface area contributed by atoms with E-state index < -0.39 is 0 Å². The molecule has 0 saturated carbocycles. The van der Waals surface area contributed by atoms with Gasteiger partial charge in [0.2, 0.25) is 5.88 Å². The van der Waals surface area contributed by atoms with Gasteiger partial charge in [-0.15, -0.1) is 0 Å². The van der Waals surface area contributed by atoms with Gasteiger partial charge in [0.05, 0.1) is 11.5 Å². The van der Waals surface area contributed by atoms with Gasteiger partial charge in [0.1, 0.15) is 11.4 Å². The van der Waals surface area contributed by atoms with E-state index in [2.05, 4.69) is 4.98 Å². The zero-order valence-electron chi connectivity index (χ0n) is 18.9. The van der Waals surface area contributed by atoms with Gasteiger partial charge in [-0.2, -0.15) is 0 Å². The fourth-order valence-electron chi connectivity index (χ4n) is 4.22. The van der Waals surface area contributed by atoms with Crippen LogP contribution in [0.5, 0.6) is 5.88 Å². The molecule has 0 spiro atoms. The van der Waals surface area contributed by atoms with Crippen molar-refractivity contribution in [3.63, 3.8) is 0 Å². The van der Waals surface area contributed by atoms with Crippen LogP contribution in [-0.2, 0) is 0 Å². The summed E-state index contributed by atoms with van der Waals surface area (Å²) < 4.78 is 1.71. The van der Waals surface area contributed by atoms with Gasteiger partial charge in [-0.25, -0.2) is 9.97 Å². The van der Waals surface area contributed by atoms with E-state index in [1.807, 2.05) is 86.1 Å². The Kier molecular flexibility index (Phi) is 5.59. The smallest absolute Gasteiger partial charge is 0.219 e. The third-order valence-electron chi connectivity index (χ3n) is 6.06. The summed E-state index contributed by atoms with van der Waals surface area (Å²) in [5.41, 5.74) is 11.1. The van der Waals surface area contributed by atoms with Crippen molar-refractivity contribution < 1.29 is 5.11 Å². The molecule has 3 heterocycles. The Morgan fingerprint density at radius 1 is 1.15 bits per heavy atom. The normalized spacial score (nSPS) is 12.6. The van der Waals surface area contributed by atoms with Crippen molar-refractivity contribution in [3.8, 4) is 17.1 Å². The Hall–Kier alpha value is -4.39. The molecule has 0 amide bonds. The lowest BCUT2D eigenvalue weighted by Gasteiger charge is -2.09. The first kappa shape index (κ1) is 21.5. The van der Waals surface area contributed by atoms with Crippen LogP contribution in [0, 0.1) is 5.41 Å². The number of amidine groups is 1. The fourth-order valence-corrected chi connectivity index (χ4v) is 4.22. The van der Waals surface area contributed by atoms with Crippen LogP contribution in [0.4, 0.5) is 0 Å². The highest BCUT2D eigenvalue weighted by atomic mass is 16.3. The Morgan fingerprint density at radius 3 is 2.71 bits per heavy atom. The van der Waals surface area contributed by atoms with Crippen molar-refractivity contribution in [1.29, 1.82) is 5.41 Å². The van der Waals surface area contributed by atoms with E-state index in [4.69, 9.17) is 21.1 Å². The van der Waals surface area contributed by atoms with Gasteiger partial charge in [0.15, 0.2) is 5.65 Å². The first-order valence-corrected chi connectivity index (χ1v) is 11.3. The van der Waals surface area contributed by atoms with Crippen LogP contribution in [0.1, 0.15) is 42.6 Å². The highest BCUT2D eigenvalue weighted by Crippen LogP contribution is 2.34. The Balaban J connectivity index is 1.67. The number of rotatable bonds is 7. The molecule has 3 aromatic heterocycles. The average molecular weight is 451 g/mol. The molecule has 0 aliphatic rings. The predicted octanol–water partition coefficient (Wildman–Crippen LogP) is 5.46. The molecule has 1 unspecified atom stereocenters. The molecule has 0 aliphatic carbocycles. The molecular weight excluding hydrogens is 424 g/mol. The van der Waals surface area contributed by atoms with Crippen LogP contribution in [0.25, 0.3) is 33.9 Å². The van der Waals surface area contributed by atoms with Gasteiger partial charge >= 0.3 is 0 Å². The Morgan fingerprint density at radius 2 is 1.91 bits per heavy atom. The molecule has 0 aliphatic heterocycles. The van der Waals surface area contributed by atoms with E-state index in [0.29, 0.717) is 29.9 Å². The summed E-state index contributed by atoms with van der Waals surface area (Å²) in [6.45, 7) is 2.03. The van der Waals surface area contributed by atoms with Gasteiger partial charge in [0.25, 0.3) is 0 Å². The highest BCUT2D eigenvalue weighted by Gasteiger charge is 2.22. The van der Waals surface area contributed by atoms with Gasteiger partial charge < -0.3 is 15.8 Å². The summed E-state index contributed by atoms with van der Waals surface area (Å²) in [6.07, 6.45) is 8.70. The zero-order valence-corrected chi connectivity index (χ0v) is 18.9. The summed E-state index contributed by atoms with van der Waals surface area (Å²) in [7, 11) is 0. The van der Waals surface area contributed by atoms with Crippen molar-refractivity contribution in [2.75, 3.05) is 0 Å². The third-order valence-corrected chi connectivity index (χ3v) is 6.06. The van der Waals surface area contributed by atoms with E-state index in [-0.39, 0.29) is 17.6 Å². The minimum atomic E-state index is -0.0906. The number of imidazole rings is 1. The number of para-hydroxylation sites is 1. The average Bonchev–Trinajstić information content (AvgIpc) is 3.43. The second kappa shape index (κ2) is 8.86. The topological polar surface area (TPSA) is 116 Å². The molecule has 5 rings (SSSR count). The second-order valence-corrected chi connectivity index (χ2v) is 8.37. The molecule has 170 valence electrons. The Bertz CT molecular complexity index is 1510. The number of nitrogens with one attached hydrogen (secondary N) is 2. The molecule has 2 aromatic carbocycles. The lowest BCUT2D eigenvalue weighted by Crippen LogP contribution is -2.07. The van der Waals surface area contributed by atoms with Crippen LogP contribution in [-0.4, -0.2) is 30.3 Å². The summed E-state index contributed by atoms with van der Waals surface area (Å²) in [4.78, 5) is 13.0. The number of H-pyrrole nitrogens is 1. The summed E-state index contributed by atoms with van der Waals surface area (Å²) in [6, 6.07) is 18.1. The number of hydrogen-bond acceptors (Lipinski definition) is 4. The second-order valence-electron chi connectivity index (χ2n) is 8.37. The molecule has 7 nitrogen and oxygen atoms in total. The minimum Gasteiger partial charge on any atom is -0.493 e. The van der Waals surface area contributed by atoms with E-state index >= 15 is 0 Å². The largest absolute Gasteiger partial charge is 0.493 e. The number of aromatic hydroxyl groups is 1. The number of benzene rings is 2. The molecule has 5 aromatic rings. The molecule has 5 N–H and O–H groups in total. The standard InChI is InChI=1S/C27H26N6O/c1-17(18-9-3-2-4-10-18)25-27(34)33-16-23(20-15-30-21-12-6-5-11-19(20)21)31-22(26(33)32-25)13-7-8-14-24(28)29/h2-7,9-13,15-17,30,34H,8,14H2,1H3,(H3,28,29)/b13-7+. The number of allylic oxidation sites excluding steroid dienone is 1. The molecule has 0 saturated heterocycles. The molecule has 7 heteroatoms. The van der Waals surface area contributed by atoms with Crippen molar-refractivity contribution >= 4 is 28.5 Å². The molecule has 0 bridgehead atoms. The van der Waals surface area contributed by atoms with E-state index in [1.165, 1.54) is 0 Å². The van der Waals surface area contributed by atoms with Gasteiger partial charge in [-0.3, -0.25) is 9.81 Å². The van der Waals surface area contributed by atoms with Crippen LogP contribution >= 0.6 is 0 Å². The van der Waals surface area contributed by atoms with Crippen LogP contribution in [0.2, 0.25) is 0 Å². The third kappa shape index (κ3) is 3.92. The van der Waals surface area contributed by atoms with Crippen LogP contribution in [0.3, 0.4) is 0 Å². The van der Waals surface area contributed by atoms with Crippen molar-refractivity contribution in [2.24, 2.45) is 5.73 Å². The molecule has 34 heavy (non-hydrogen) atoms. The maximum Gasteiger partial charge on any atom is 0.219 e. The highest BCUT2D eigenvalue weighted by molar-refractivity contribution is 5.94. The van der Waals surface area contributed by atoms with E-state index in [1.54, 1.807) is 4.40 Å². The minimum absolute atomic E-state index is 0.0906. The van der Waals surface area contributed by atoms with Crippen molar-refractivity contribution in [1.82, 2.24) is 19.4 Å². The summed E-state index contributed by atoms with van der Waals surface area (Å²) in [5.74, 6) is 0.160. The number of aromatic amines is 1. The maximum absolute atomic E-state index is 11.2. The van der Waals surface area contributed by atoms with Crippen molar-refractivity contribution in [3.05, 3.63) is 90.0 Å². The monoisotopic (exact) mass is 450 g/mol. The summed E-state index contributed by atoms with van der Waals surface area (Å²) in [5, 5.41) is 19.7. The Labute approximate surface area is 197 Å². The van der Waals surface area contributed by atoms with Crippen LogP contribution < -0.4 is 5.73 Å². The van der Waals surface area contributed by atoms with Gasteiger partial charge in [-0.1, -0.05) is 61.5 Å². The van der Waals surface area contributed by atoms with E-state index in [9.17, 15) is 5.11 Å².